The number of carboxylic acid groups (broad SMARTS) is 1. The molecule has 94 valence electrons. The molecule has 8 heteroatoms. The van der Waals surface area contributed by atoms with Gasteiger partial charge in [-0.2, -0.15) is 5.10 Å². The first-order chi connectivity index (χ1) is 8.56. The van der Waals surface area contributed by atoms with Crippen LogP contribution in [0.5, 0.6) is 0 Å². The molecule has 0 fully saturated rings. The van der Waals surface area contributed by atoms with Crippen LogP contribution >= 0.6 is 0 Å². The van der Waals surface area contributed by atoms with Crippen molar-refractivity contribution in [3.8, 4) is 0 Å². The maximum atomic E-state index is 10.6. The highest BCUT2D eigenvalue weighted by Gasteiger charge is 2.11. The summed E-state index contributed by atoms with van der Waals surface area (Å²) in [6.45, 7) is 1.86. The molecule has 1 atom stereocenters. The Morgan fingerprint density at radius 3 is 2.56 bits per heavy atom. The Hall–Kier alpha value is -2.51. The van der Waals surface area contributed by atoms with Crippen molar-refractivity contribution in [2.45, 2.75) is 13.0 Å². The van der Waals surface area contributed by atoms with Crippen molar-refractivity contribution >= 4 is 11.9 Å². The standard InChI is InChI=1S/C10H12N6O2/c1-6(8-13-5-16(2)15-8)14-10-11-3-7(4-12-10)9(17)18/h3-6H,1-2H3,(H,17,18)(H,11,12,14). The summed E-state index contributed by atoms with van der Waals surface area (Å²) in [7, 11) is 1.78. The predicted molar refractivity (Wildman–Crippen MR) is 62.0 cm³/mol. The van der Waals surface area contributed by atoms with Crippen molar-refractivity contribution in [2.75, 3.05) is 5.32 Å². The van der Waals surface area contributed by atoms with Gasteiger partial charge in [-0.25, -0.2) is 19.7 Å². The summed E-state index contributed by atoms with van der Waals surface area (Å²) in [4.78, 5) is 22.5. The summed E-state index contributed by atoms with van der Waals surface area (Å²) in [6, 6.07) is -0.165. The zero-order valence-electron chi connectivity index (χ0n) is 9.90. The van der Waals surface area contributed by atoms with Crippen molar-refractivity contribution in [1.29, 1.82) is 0 Å². The smallest absolute Gasteiger partial charge is 0.338 e. The molecule has 2 aromatic rings. The average molecular weight is 248 g/mol. The number of aromatic carboxylic acids is 1. The van der Waals surface area contributed by atoms with Crippen LogP contribution in [0.4, 0.5) is 5.95 Å². The van der Waals surface area contributed by atoms with E-state index in [1.807, 2.05) is 6.92 Å². The summed E-state index contributed by atoms with van der Waals surface area (Å²) in [5.41, 5.74) is 0.0455. The number of hydrogen-bond donors (Lipinski definition) is 2. The fourth-order valence-corrected chi connectivity index (χ4v) is 1.33. The van der Waals surface area contributed by atoms with Gasteiger partial charge in [-0.05, 0) is 6.92 Å². The normalized spacial score (nSPS) is 12.1. The van der Waals surface area contributed by atoms with Crippen LogP contribution in [0.25, 0.3) is 0 Å². The van der Waals surface area contributed by atoms with Gasteiger partial charge in [0.05, 0.1) is 11.6 Å². The lowest BCUT2D eigenvalue weighted by molar-refractivity contribution is 0.0696. The molecule has 0 aliphatic carbocycles. The Morgan fingerprint density at radius 1 is 1.39 bits per heavy atom. The van der Waals surface area contributed by atoms with Gasteiger partial charge in [-0.15, -0.1) is 0 Å². The molecule has 2 N–H and O–H groups in total. The summed E-state index contributed by atoms with van der Waals surface area (Å²) in [5.74, 6) is -0.107. The van der Waals surface area contributed by atoms with Gasteiger partial charge in [-0.3, -0.25) is 4.68 Å². The summed E-state index contributed by atoms with van der Waals surface area (Å²) >= 11 is 0. The van der Waals surface area contributed by atoms with Crippen LogP contribution in [0, 0.1) is 0 Å². The lowest BCUT2D eigenvalue weighted by atomic mass is 10.3. The first-order valence-electron chi connectivity index (χ1n) is 5.23. The highest BCUT2D eigenvalue weighted by atomic mass is 16.4. The Balaban J connectivity index is 2.07. The fraction of sp³-hybridized carbons (Fsp3) is 0.300. The van der Waals surface area contributed by atoms with Gasteiger partial charge in [0, 0.05) is 19.4 Å². The van der Waals surface area contributed by atoms with Crippen molar-refractivity contribution in [2.24, 2.45) is 7.05 Å². The summed E-state index contributed by atoms with van der Waals surface area (Å²) in [6.07, 6.45) is 4.09. The fourth-order valence-electron chi connectivity index (χ4n) is 1.33. The van der Waals surface area contributed by atoms with Crippen LogP contribution in [0.15, 0.2) is 18.7 Å². The third-order valence-corrected chi connectivity index (χ3v) is 2.25. The third kappa shape index (κ3) is 2.59. The molecule has 0 saturated heterocycles. The monoisotopic (exact) mass is 248 g/mol. The number of nitrogens with zero attached hydrogens (tertiary/aromatic N) is 5. The van der Waals surface area contributed by atoms with Crippen molar-refractivity contribution < 1.29 is 9.90 Å². The number of anilines is 1. The minimum atomic E-state index is -1.05. The van der Waals surface area contributed by atoms with Crippen molar-refractivity contribution in [1.82, 2.24) is 24.7 Å². The van der Waals surface area contributed by atoms with Gasteiger partial charge in [0.15, 0.2) is 5.82 Å². The molecule has 0 bridgehead atoms. The molecule has 0 amide bonds. The van der Waals surface area contributed by atoms with E-state index in [9.17, 15) is 4.79 Å². The van der Waals surface area contributed by atoms with E-state index in [1.165, 1.54) is 12.4 Å². The van der Waals surface area contributed by atoms with E-state index < -0.39 is 5.97 Å². The van der Waals surface area contributed by atoms with E-state index in [2.05, 4.69) is 25.4 Å². The molecule has 0 saturated carbocycles. The molecule has 2 rings (SSSR count). The third-order valence-electron chi connectivity index (χ3n) is 2.25. The zero-order chi connectivity index (χ0) is 13.1. The van der Waals surface area contributed by atoms with Crippen LogP contribution in [-0.2, 0) is 7.05 Å². The largest absolute Gasteiger partial charge is 0.478 e. The maximum absolute atomic E-state index is 10.6. The Labute approximate surface area is 103 Å². The van der Waals surface area contributed by atoms with E-state index in [1.54, 1.807) is 18.1 Å². The lowest BCUT2D eigenvalue weighted by Crippen LogP contribution is -2.12. The van der Waals surface area contributed by atoms with Crippen LogP contribution in [0.1, 0.15) is 29.1 Å². The molecule has 0 aliphatic heterocycles. The van der Waals surface area contributed by atoms with Crippen molar-refractivity contribution in [3.05, 3.63) is 30.1 Å². The quantitative estimate of drug-likeness (QED) is 0.810. The molecule has 0 aromatic carbocycles. The first kappa shape index (κ1) is 12.0. The number of carboxylic acids is 1. The van der Waals surface area contributed by atoms with Gasteiger partial charge < -0.3 is 10.4 Å². The number of hydrogen-bond acceptors (Lipinski definition) is 6. The number of aromatic nitrogens is 5. The first-order valence-corrected chi connectivity index (χ1v) is 5.23. The summed E-state index contributed by atoms with van der Waals surface area (Å²) < 4.78 is 1.60. The predicted octanol–water partition coefficient (Wildman–Crippen LogP) is 0.476. The lowest BCUT2D eigenvalue weighted by Gasteiger charge is -2.09. The molecule has 2 aromatic heterocycles. The summed E-state index contributed by atoms with van der Waals surface area (Å²) in [5, 5.41) is 15.8. The van der Waals surface area contributed by atoms with Gasteiger partial charge in [0.1, 0.15) is 6.33 Å². The SMILES string of the molecule is CC(Nc1ncc(C(=O)O)cn1)c1ncn(C)n1. The molecule has 2 heterocycles. The van der Waals surface area contributed by atoms with E-state index in [0.29, 0.717) is 11.8 Å². The molecule has 18 heavy (non-hydrogen) atoms. The average Bonchev–Trinajstić information content (AvgIpc) is 2.76. The number of aryl methyl sites for hydroxylation is 1. The van der Waals surface area contributed by atoms with E-state index in [4.69, 9.17) is 5.11 Å². The molecule has 0 radical (unpaired) electrons. The van der Waals surface area contributed by atoms with Crippen LogP contribution < -0.4 is 5.32 Å². The van der Waals surface area contributed by atoms with E-state index in [0.717, 1.165) is 0 Å². The van der Waals surface area contributed by atoms with Gasteiger partial charge >= 0.3 is 5.97 Å². The molecule has 0 spiro atoms. The minimum absolute atomic E-state index is 0.0455. The molecular weight excluding hydrogens is 236 g/mol. The molecular formula is C10H12N6O2. The Morgan fingerprint density at radius 2 is 2.06 bits per heavy atom. The topological polar surface area (TPSA) is 106 Å². The van der Waals surface area contributed by atoms with Gasteiger partial charge in [-0.1, -0.05) is 0 Å². The van der Waals surface area contributed by atoms with Gasteiger partial charge in [0.2, 0.25) is 5.95 Å². The molecule has 8 nitrogen and oxygen atoms in total. The molecule has 1 unspecified atom stereocenters. The van der Waals surface area contributed by atoms with E-state index >= 15 is 0 Å². The van der Waals surface area contributed by atoms with E-state index in [-0.39, 0.29) is 11.6 Å². The second-order valence-electron chi connectivity index (χ2n) is 3.74. The van der Waals surface area contributed by atoms with Crippen LogP contribution in [0.3, 0.4) is 0 Å². The highest BCUT2D eigenvalue weighted by Crippen LogP contribution is 2.11. The number of rotatable bonds is 4. The molecule has 0 aliphatic rings. The minimum Gasteiger partial charge on any atom is -0.478 e. The van der Waals surface area contributed by atoms with Crippen LogP contribution in [-0.4, -0.2) is 35.8 Å². The number of nitrogens with one attached hydrogen (secondary N) is 1. The van der Waals surface area contributed by atoms with Crippen LogP contribution in [0.2, 0.25) is 0 Å². The highest BCUT2D eigenvalue weighted by molar-refractivity contribution is 5.86. The second-order valence-corrected chi connectivity index (χ2v) is 3.74. The maximum Gasteiger partial charge on any atom is 0.338 e. The Bertz CT molecular complexity index is 550. The zero-order valence-corrected chi connectivity index (χ0v) is 9.90. The number of carbonyl (C=O) groups is 1. The van der Waals surface area contributed by atoms with Crippen molar-refractivity contribution in [3.63, 3.8) is 0 Å². The Kier molecular flexibility index (Phi) is 3.18. The second kappa shape index (κ2) is 4.78. The van der Waals surface area contributed by atoms with Gasteiger partial charge in [0.25, 0.3) is 0 Å².